The second kappa shape index (κ2) is 12.7. The monoisotopic (exact) mass is 511 g/mol. The minimum absolute atomic E-state index is 0.167. The quantitative estimate of drug-likeness (QED) is 0.389. The first-order chi connectivity index (χ1) is 18.7. The lowest BCUT2D eigenvalue weighted by atomic mass is 10.1. The highest BCUT2D eigenvalue weighted by Crippen LogP contribution is 2.25. The number of aromatic nitrogens is 3. The Labute approximate surface area is 223 Å². The van der Waals surface area contributed by atoms with Gasteiger partial charge in [0, 0.05) is 67.8 Å². The van der Waals surface area contributed by atoms with Gasteiger partial charge in [0.05, 0.1) is 12.6 Å². The Morgan fingerprint density at radius 2 is 2.11 bits per heavy atom. The third-order valence-electron chi connectivity index (χ3n) is 6.87. The summed E-state index contributed by atoms with van der Waals surface area (Å²) in [5.41, 5.74) is 3.89. The maximum atomic E-state index is 8.74. The Morgan fingerprint density at radius 3 is 2.87 bits per heavy atom. The summed E-state index contributed by atoms with van der Waals surface area (Å²) in [5, 5.41) is 13.0. The van der Waals surface area contributed by atoms with Crippen molar-refractivity contribution in [1.29, 1.82) is 5.26 Å². The highest BCUT2D eigenvalue weighted by molar-refractivity contribution is 5.59. The van der Waals surface area contributed by atoms with Crippen LogP contribution in [-0.2, 0) is 16.0 Å². The fourth-order valence-corrected chi connectivity index (χ4v) is 4.72. The van der Waals surface area contributed by atoms with Crippen LogP contribution in [0.4, 0.5) is 0 Å². The van der Waals surface area contributed by atoms with Gasteiger partial charge in [0.1, 0.15) is 17.6 Å². The summed E-state index contributed by atoms with van der Waals surface area (Å²) in [4.78, 5) is 6.79. The van der Waals surface area contributed by atoms with Crippen molar-refractivity contribution in [1.82, 2.24) is 19.6 Å². The lowest BCUT2D eigenvalue weighted by Crippen LogP contribution is -2.29. The Hall–Kier alpha value is -3.69. The predicted molar refractivity (Wildman–Crippen MR) is 143 cm³/mol. The maximum Gasteiger partial charge on any atom is 0.167 e. The summed E-state index contributed by atoms with van der Waals surface area (Å²) in [6.07, 6.45) is 10.2. The second-order valence-electron chi connectivity index (χ2n) is 9.69. The molecular formula is C30H33N5O3. The molecule has 2 aliphatic heterocycles. The summed E-state index contributed by atoms with van der Waals surface area (Å²) in [7, 11) is 0. The number of rotatable bonds is 8. The SMILES string of the molecule is C[C@H](OC1CCCCO1)c1nccn1Cc1cc(-c2ccc(C#CC3=CCN(CCC#N)CC3)cc2)on1. The van der Waals surface area contributed by atoms with Crippen LogP contribution >= 0.6 is 0 Å². The van der Waals surface area contributed by atoms with Gasteiger partial charge >= 0.3 is 0 Å². The minimum atomic E-state index is -0.181. The van der Waals surface area contributed by atoms with Crippen molar-refractivity contribution in [3.8, 4) is 29.2 Å². The molecule has 0 N–H and O–H groups in total. The Balaban J connectivity index is 1.18. The molecule has 8 nitrogen and oxygen atoms in total. The van der Waals surface area contributed by atoms with Gasteiger partial charge in [0.15, 0.2) is 12.1 Å². The van der Waals surface area contributed by atoms with E-state index in [1.807, 2.05) is 48.0 Å². The van der Waals surface area contributed by atoms with E-state index in [-0.39, 0.29) is 12.4 Å². The van der Waals surface area contributed by atoms with Crippen molar-refractivity contribution in [3.63, 3.8) is 0 Å². The van der Waals surface area contributed by atoms with E-state index in [9.17, 15) is 0 Å². The molecule has 1 fully saturated rings. The van der Waals surface area contributed by atoms with Crippen molar-refractivity contribution < 1.29 is 14.0 Å². The van der Waals surface area contributed by atoms with Crippen LogP contribution in [0.25, 0.3) is 11.3 Å². The minimum Gasteiger partial charge on any atom is -0.356 e. The Kier molecular flexibility index (Phi) is 8.67. The number of hydrogen-bond donors (Lipinski definition) is 0. The molecule has 2 aliphatic rings. The molecule has 1 unspecified atom stereocenters. The molecular weight excluding hydrogens is 478 g/mol. The topological polar surface area (TPSA) is 89.3 Å². The summed E-state index contributed by atoms with van der Waals surface area (Å²) >= 11 is 0. The van der Waals surface area contributed by atoms with E-state index < -0.39 is 0 Å². The molecule has 5 rings (SSSR count). The molecule has 0 saturated carbocycles. The highest BCUT2D eigenvalue weighted by Gasteiger charge is 2.21. The van der Waals surface area contributed by atoms with E-state index >= 15 is 0 Å². The summed E-state index contributed by atoms with van der Waals surface area (Å²) < 4.78 is 19.5. The van der Waals surface area contributed by atoms with Gasteiger partial charge in [-0.05, 0) is 56.9 Å². The normalized spacial score (nSPS) is 18.7. The van der Waals surface area contributed by atoms with Crippen LogP contribution in [0.3, 0.4) is 0 Å². The zero-order valence-electron chi connectivity index (χ0n) is 21.8. The van der Waals surface area contributed by atoms with Gasteiger partial charge in [-0.2, -0.15) is 5.26 Å². The fourth-order valence-electron chi connectivity index (χ4n) is 4.72. The third-order valence-corrected chi connectivity index (χ3v) is 6.87. The summed E-state index contributed by atoms with van der Waals surface area (Å²) in [6.45, 7) is 5.95. The van der Waals surface area contributed by atoms with E-state index in [1.54, 1.807) is 6.20 Å². The first-order valence-electron chi connectivity index (χ1n) is 13.3. The van der Waals surface area contributed by atoms with Crippen molar-refractivity contribution in [2.75, 3.05) is 26.2 Å². The zero-order valence-corrected chi connectivity index (χ0v) is 21.8. The van der Waals surface area contributed by atoms with Crippen molar-refractivity contribution in [2.24, 2.45) is 0 Å². The molecule has 0 aliphatic carbocycles. The maximum absolute atomic E-state index is 8.74. The zero-order chi connectivity index (χ0) is 26.2. The summed E-state index contributed by atoms with van der Waals surface area (Å²) in [5.74, 6) is 8.12. The number of benzene rings is 1. The van der Waals surface area contributed by atoms with Gasteiger partial charge in [-0.3, -0.25) is 4.90 Å². The highest BCUT2D eigenvalue weighted by atomic mass is 16.7. The van der Waals surface area contributed by atoms with Gasteiger partial charge < -0.3 is 18.6 Å². The van der Waals surface area contributed by atoms with Gasteiger partial charge in [-0.25, -0.2) is 4.98 Å². The van der Waals surface area contributed by atoms with E-state index in [4.69, 9.17) is 19.3 Å². The number of nitrogens with zero attached hydrogens (tertiary/aromatic N) is 5. The van der Waals surface area contributed by atoms with Crippen LogP contribution in [0, 0.1) is 23.2 Å². The molecule has 2 atom stereocenters. The van der Waals surface area contributed by atoms with E-state index in [0.29, 0.717) is 18.7 Å². The molecule has 0 amide bonds. The van der Waals surface area contributed by atoms with Gasteiger partial charge in [0.25, 0.3) is 0 Å². The fraction of sp³-hybridized carbons (Fsp3) is 0.433. The molecule has 3 aromatic rings. The number of ether oxygens (including phenoxy) is 2. The Bertz CT molecular complexity index is 1330. The standard InChI is InChI=1S/C30H33N5O3/c1-23(37-29-5-2-3-20-36-29)30-32-15-19-35(30)22-27-21-28(38-33-27)26-10-8-24(9-11-26)6-7-25-12-17-34(18-13-25)16-4-14-31/h8-12,15,19,21,23,29H,2-5,13,16-18,20,22H2,1H3/t23-,29?/m0/s1. The molecule has 0 spiro atoms. The first-order valence-corrected chi connectivity index (χ1v) is 13.3. The van der Waals surface area contributed by atoms with Gasteiger partial charge in [0.2, 0.25) is 0 Å². The Morgan fingerprint density at radius 1 is 1.21 bits per heavy atom. The van der Waals surface area contributed by atoms with Crippen LogP contribution < -0.4 is 0 Å². The van der Waals surface area contributed by atoms with E-state index in [2.05, 4.69) is 39.0 Å². The number of nitriles is 1. The van der Waals surface area contributed by atoms with Crippen LogP contribution in [-0.4, -0.2) is 52.1 Å². The van der Waals surface area contributed by atoms with Crippen LogP contribution in [0.15, 0.2) is 58.9 Å². The predicted octanol–water partition coefficient (Wildman–Crippen LogP) is 5.09. The molecule has 4 heterocycles. The molecule has 1 saturated heterocycles. The van der Waals surface area contributed by atoms with Crippen molar-refractivity contribution >= 4 is 0 Å². The van der Waals surface area contributed by atoms with E-state index in [1.165, 1.54) is 0 Å². The van der Waals surface area contributed by atoms with Gasteiger partial charge in [-0.1, -0.05) is 23.1 Å². The third kappa shape index (κ3) is 6.79. The molecule has 8 heteroatoms. The lowest BCUT2D eigenvalue weighted by Gasteiger charge is -2.26. The molecule has 1 aromatic carbocycles. The summed E-state index contributed by atoms with van der Waals surface area (Å²) in [6, 6.07) is 12.2. The first kappa shape index (κ1) is 25.9. The molecule has 38 heavy (non-hydrogen) atoms. The number of hydrogen-bond acceptors (Lipinski definition) is 7. The molecule has 0 bridgehead atoms. The average Bonchev–Trinajstić information content (AvgIpc) is 3.62. The van der Waals surface area contributed by atoms with Gasteiger partial charge in [-0.15, -0.1) is 0 Å². The molecule has 0 radical (unpaired) electrons. The second-order valence-corrected chi connectivity index (χ2v) is 9.69. The van der Waals surface area contributed by atoms with Crippen LogP contribution in [0.5, 0.6) is 0 Å². The van der Waals surface area contributed by atoms with Crippen molar-refractivity contribution in [2.45, 2.75) is 58.0 Å². The van der Waals surface area contributed by atoms with E-state index in [0.717, 1.165) is 80.1 Å². The molecule has 196 valence electrons. The van der Waals surface area contributed by atoms with Crippen LogP contribution in [0.1, 0.15) is 62.2 Å². The lowest BCUT2D eigenvalue weighted by molar-refractivity contribution is -0.188. The largest absolute Gasteiger partial charge is 0.356 e. The molecule has 2 aromatic heterocycles. The smallest absolute Gasteiger partial charge is 0.167 e. The average molecular weight is 512 g/mol. The van der Waals surface area contributed by atoms with Crippen LogP contribution in [0.2, 0.25) is 0 Å². The van der Waals surface area contributed by atoms with Crippen molar-refractivity contribution in [3.05, 3.63) is 71.5 Å². The number of imidazole rings is 1.